The molecule has 0 N–H and O–H groups in total. The fraction of sp³-hybridized carbons (Fsp3) is 0.321. The SMILES string of the molecule is CC(C)(C)c1ccnc(-n2c3ccccc3c3ccc(Oc4cccc(N5CN(c6c(C7(c8ccccc8)C(C)(C)CCCC7(C)C)cc(-c7ccccc7)cc6C6(c7ccccc7)C(C)(C)CCCC6(C)C)c6ccccc65)c4)cc32)c1. The van der Waals surface area contributed by atoms with Crippen molar-refractivity contribution in [2.24, 2.45) is 21.7 Å². The van der Waals surface area contributed by atoms with E-state index >= 15 is 0 Å². The van der Waals surface area contributed by atoms with Gasteiger partial charge >= 0.3 is 0 Å². The summed E-state index contributed by atoms with van der Waals surface area (Å²) in [6, 6.07) is 77.5. The zero-order valence-corrected chi connectivity index (χ0v) is 50.9. The van der Waals surface area contributed by atoms with Crippen molar-refractivity contribution in [3.05, 3.63) is 240 Å². The lowest BCUT2D eigenvalue weighted by Gasteiger charge is -2.63. The summed E-state index contributed by atoms with van der Waals surface area (Å²) >= 11 is 0. The molecule has 3 heterocycles. The number of hydrogen-bond acceptors (Lipinski definition) is 4. The van der Waals surface area contributed by atoms with Crippen LogP contribution in [0.25, 0.3) is 38.8 Å². The molecule has 0 radical (unpaired) electrons. The Labute approximate surface area is 494 Å². The van der Waals surface area contributed by atoms with Gasteiger partial charge in [0.05, 0.1) is 28.1 Å². The van der Waals surface area contributed by atoms with Crippen molar-refractivity contribution in [1.82, 2.24) is 9.55 Å². The Morgan fingerprint density at radius 3 is 1.52 bits per heavy atom. The van der Waals surface area contributed by atoms with E-state index in [1.54, 1.807) is 0 Å². The normalized spacial score (nSPS) is 18.5. The fourth-order valence-corrected chi connectivity index (χ4v) is 17.3. The van der Waals surface area contributed by atoms with E-state index in [1.165, 1.54) is 74.2 Å². The number of benzene rings is 8. The second-order valence-electron chi connectivity index (χ2n) is 28.0. The molecule has 83 heavy (non-hydrogen) atoms. The number of aromatic nitrogens is 2. The third kappa shape index (κ3) is 8.49. The summed E-state index contributed by atoms with van der Waals surface area (Å²) in [6.45, 7) is 28.1. The third-order valence-electron chi connectivity index (χ3n) is 20.6. The third-order valence-corrected chi connectivity index (χ3v) is 20.6. The van der Waals surface area contributed by atoms with Gasteiger partial charge < -0.3 is 14.5 Å². The van der Waals surface area contributed by atoms with Gasteiger partial charge in [-0.15, -0.1) is 0 Å². The summed E-state index contributed by atoms with van der Waals surface area (Å²) in [4.78, 5) is 10.3. The zero-order valence-electron chi connectivity index (χ0n) is 50.9. The number of anilines is 4. The van der Waals surface area contributed by atoms with Crippen molar-refractivity contribution in [2.75, 3.05) is 16.5 Å². The van der Waals surface area contributed by atoms with E-state index in [0.29, 0.717) is 6.67 Å². The Morgan fingerprint density at radius 2 is 0.940 bits per heavy atom. The minimum atomic E-state index is -0.427. The van der Waals surface area contributed by atoms with Gasteiger partial charge in [-0.2, -0.15) is 0 Å². The van der Waals surface area contributed by atoms with Gasteiger partial charge in [-0.1, -0.05) is 216 Å². The molecular weight excluding hydrogens is 1010 g/mol. The predicted molar refractivity (Wildman–Crippen MR) is 349 cm³/mol. The summed E-state index contributed by atoms with van der Waals surface area (Å²) < 4.78 is 9.34. The van der Waals surface area contributed by atoms with E-state index in [-0.39, 0.29) is 27.1 Å². The number of para-hydroxylation sites is 3. The molecule has 13 rings (SSSR count). The predicted octanol–water partition coefficient (Wildman–Crippen LogP) is 21.2. The molecule has 5 nitrogen and oxygen atoms in total. The highest BCUT2D eigenvalue weighted by Gasteiger charge is 2.64. The molecule has 0 atom stereocenters. The van der Waals surface area contributed by atoms with Crippen molar-refractivity contribution in [3.63, 3.8) is 0 Å². The second-order valence-corrected chi connectivity index (χ2v) is 28.0. The number of pyridine rings is 1. The van der Waals surface area contributed by atoms with E-state index < -0.39 is 10.8 Å². The first-order valence-electron chi connectivity index (χ1n) is 30.6. The van der Waals surface area contributed by atoms with Crippen LogP contribution in [0.3, 0.4) is 0 Å². The number of ether oxygens (including phenoxy) is 1. The zero-order chi connectivity index (χ0) is 57.7. The van der Waals surface area contributed by atoms with Crippen LogP contribution in [0.4, 0.5) is 22.7 Å². The number of rotatable bonds is 10. The first-order chi connectivity index (χ1) is 39.8. The van der Waals surface area contributed by atoms with Crippen LogP contribution >= 0.6 is 0 Å². The molecule has 0 bridgehead atoms. The van der Waals surface area contributed by atoms with Crippen LogP contribution in [-0.2, 0) is 16.2 Å². The Hall–Kier alpha value is -7.89. The molecule has 8 aromatic carbocycles. The molecule has 3 aliphatic rings. The van der Waals surface area contributed by atoms with Crippen molar-refractivity contribution in [1.29, 1.82) is 0 Å². The highest BCUT2D eigenvalue weighted by atomic mass is 16.5. The summed E-state index contributed by atoms with van der Waals surface area (Å²) in [7, 11) is 0. The molecule has 420 valence electrons. The Balaban J connectivity index is 1.03. The van der Waals surface area contributed by atoms with Crippen LogP contribution in [0, 0.1) is 21.7 Å². The first kappa shape index (κ1) is 54.4. The Morgan fingerprint density at radius 1 is 0.434 bits per heavy atom. The fourth-order valence-electron chi connectivity index (χ4n) is 17.3. The lowest BCUT2D eigenvalue weighted by Crippen LogP contribution is -2.58. The van der Waals surface area contributed by atoms with Crippen LogP contribution < -0.4 is 14.5 Å². The van der Waals surface area contributed by atoms with Crippen molar-refractivity contribution < 1.29 is 4.74 Å². The van der Waals surface area contributed by atoms with Gasteiger partial charge in [-0.05, 0) is 158 Å². The molecule has 0 spiro atoms. The van der Waals surface area contributed by atoms with Crippen LogP contribution in [0.2, 0.25) is 0 Å². The minimum Gasteiger partial charge on any atom is -0.457 e. The molecule has 2 saturated carbocycles. The summed E-state index contributed by atoms with van der Waals surface area (Å²) in [5.74, 6) is 2.45. The maximum atomic E-state index is 7.05. The quantitative estimate of drug-likeness (QED) is 0.137. The molecule has 2 aromatic heterocycles. The Bertz CT molecular complexity index is 3910. The average molecular weight is 1090 g/mol. The number of nitrogens with zero attached hydrogens (tertiary/aromatic N) is 4. The van der Waals surface area contributed by atoms with Gasteiger partial charge in [0.15, 0.2) is 0 Å². The van der Waals surface area contributed by atoms with Crippen LogP contribution in [0.15, 0.2) is 212 Å². The van der Waals surface area contributed by atoms with Crippen molar-refractivity contribution in [2.45, 2.75) is 131 Å². The lowest BCUT2D eigenvalue weighted by molar-refractivity contribution is 0.00156. The maximum absolute atomic E-state index is 7.05. The summed E-state index contributed by atoms with van der Waals surface area (Å²) in [5, 5.41) is 2.35. The van der Waals surface area contributed by atoms with E-state index in [1.807, 2.05) is 6.20 Å². The Kier molecular flexibility index (Phi) is 13.0. The van der Waals surface area contributed by atoms with Crippen LogP contribution in [0.1, 0.15) is 143 Å². The molecule has 0 saturated heterocycles. The first-order valence-corrected chi connectivity index (χ1v) is 30.6. The molecule has 2 aliphatic carbocycles. The van der Waals surface area contributed by atoms with Gasteiger partial charge in [-0.3, -0.25) is 4.57 Å². The second kappa shape index (κ2) is 19.9. The largest absolute Gasteiger partial charge is 0.457 e. The number of fused-ring (bicyclic) bond motifs is 4. The molecule has 0 amide bonds. The van der Waals surface area contributed by atoms with Gasteiger partial charge in [0.25, 0.3) is 0 Å². The number of hydrogen-bond donors (Lipinski definition) is 0. The molecular formula is C78H82N4O. The topological polar surface area (TPSA) is 33.5 Å². The molecule has 5 heteroatoms. The summed E-state index contributed by atoms with van der Waals surface area (Å²) in [6.07, 6.45) is 8.76. The average Bonchev–Trinajstić information content (AvgIpc) is 1.18. The van der Waals surface area contributed by atoms with E-state index in [0.717, 1.165) is 65.1 Å². The molecule has 1 aliphatic heterocycles. The lowest BCUT2D eigenvalue weighted by atomic mass is 9.40. The highest BCUT2D eigenvalue weighted by Crippen LogP contribution is 2.71. The molecule has 10 aromatic rings. The molecule has 2 fully saturated rings. The highest BCUT2D eigenvalue weighted by molar-refractivity contribution is 6.09. The maximum Gasteiger partial charge on any atom is 0.137 e. The van der Waals surface area contributed by atoms with Crippen molar-refractivity contribution >= 4 is 44.6 Å². The van der Waals surface area contributed by atoms with E-state index in [9.17, 15) is 0 Å². The van der Waals surface area contributed by atoms with Crippen LogP contribution in [-0.4, -0.2) is 16.2 Å². The summed E-state index contributed by atoms with van der Waals surface area (Å²) in [5.41, 5.74) is 14.9. The van der Waals surface area contributed by atoms with Gasteiger partial charge in [0.2, 0.25) is 0 Å². The van der Waals surface area contributed by atoms with E-state index in [2.05, 4.69) is 297 Å². The smallest absolute Gasteiger partial charge is 0.137 e. The van der Waals surface area contributed by atoms with E-state index in [4.69, 9.17) is 9.72 Å². The molecule has 0 unspecified atom stereocenters. The standard InChI is InChI=1S/C78H82N4O/c1-72(2,3)58-42-47-79-70(50-58)82-66-37-22-21-36-62(66)63-41-40-61(52-69(63)82)83-60-35-25-34-59(51-60)80-53-81(68-39-24-23-38-67(68)80)71-64(77(56-30-17-13-18-31-56)73(4,5)43-26-44-74(77,6)7)48-55(54-28-15-12-16-29-54)49-65(71)78(57-32-19-14-20-33-57)75(8,9)45-27-46-76(78,10)11/h12-25,28-42,47-52H,26-27,43-46,53H2,1-11H3. The van der Waals surface area contributed by atoms with Crippen molar-refractivity contribution in [3.8, 4) is 28.4 Å². The van der Waals surface area contributed by atoms with Crippen LogP contribution in [0.5, 0.6) is 11.5 Å². The minimum absolute atomic E-state index is 0.0265. The van der Waals surface area contributed by atoms with Gasteiger partial charge in [0, 0.05) is 45.6 Å². The van der Waals surface area contributed by atoms with Gasteiger partial charge in [-0.25, -0.2) is 4.98 Å². The monoisotopic (exact) mass is 1090 g/mol. The van der Waals surface area contributed by atoms with Gasteiger partial charge in [0.1, 0.15) is 24.0 Å².